The molecule has 6 heteroatoms. The van der Waals surface area contributed by atoms with Crippen LogP contribution < -0.4 is 0 Å². The van der Waals surface area contributed by atoms with Gasteiger partial charge in [-0.25, -0.2) is 0 Å². The highest BCUT2D eigenvalue weighted by Gasteiger charge is 2.32. The number of H-pyrrole nitrogens is 1. The highest BCUT2D eigenvalue weighted by Crippen LogP contribution is 2.35. The molecule has 0 bridgehead atoms. The predicted molar refractivity (Wildman–Crippen MR) is 128 cm³/mol. The fraction of sp³-hybridized carbons (Fsp3) is 0.407. The minimum atomic E-state index is -0.577. The van der Waals surface area contributed by atoms with Crippen molar-refractivity contribution in [1.29, 1.82) is 0 Å². The lowest BCUT2D eigenvalue weighted by atomic mass is 9.87. The number of fused-ring (bicyclic) bond motifs is 3. The summed E-state index contributed by atoms with van der Waals surface area (Å²) in [4.78, 5) is 30.6. The smallest absolute Gasteiger partial charge is 0.314 e. The Morgan fingerprint density at radius 3 is 2.61 bits per heavy atom. The SMILES string of the molecule is [2H][C@@H]1[C@H](CCC(=O)OC)C[C@H](C(=O)OC)c2[nH]c3ccccc3c2CCN1Cc1ccccc1. The van der Waals surface area contributed by atoms with Crippen molar-refractivity contribution < 1.29 is 20.4 Å². The number of nitrogens with zero attached hydrogens (tertiary/aromatic N) is 1. The Hall–Kier alpha value is -3.12. The molecule has 3 aromatic rings. The molecule has 0 fully saturated rings. The summed E-state index contributed by atoms with van der Waals surface area (Å²) in [7, 11) is 2.78. The number of hydrogen-bond acceptors (Lipinski definition) is 5. The number of hydrogen-bond donors (Lipinski definition) is 1. The first kappa shape index (κ1) is 21.7. The predicted octanol–water partition coefficient (Wildman–Crippen LogP) is 4.44. The van der Waals surface area contributed by atoms with Crippen LogP contribution in [0.4, 0.5) is 0 Å². The molecule has 4 rings (SSSR count). The van der Waals surface area contributed by atoms with E-state index in [1.54, 1.807) is 0 Å². The molecule has 0 saturated carbocycles. The van der Waals surface area contributed by atoms with Gasteiger partial charge in [-0.1, -0.05) is 48.5 Å². The van der Waals surface area contributed by atoms with Gasteiger partial charge in [0.15, 0.2) is 0 Å². The molecule has 0 amide bonds. The van der Waals surface area contributed by atoms with Crippen molar-refractivity contribution in [3.8, 4) is 0 Å². The number of rotatable bonds is 6. The molecule has 0 saturated heterocycles. The number of esters is 2. The number of benzene rings is 2. The summed E-state index contributed by atoms with van der Waals surface area (Å²) in [6.07, 6.45) is 1.81. The van der Waals surface area contributed by atoms with Crippen LogP contribution in [0.5, 0.6) is 0 Å². The zero-order valence-electron chi connectivity index (χ0n) is 20.3. The largest absolute Gasteiger partial charge is 0.469 e. The Labute approximate surface area is 196 Å². The molecule has 1 N–H and O–H groups in total. The fourth-order valence-corrected chi connectivity index (χ4v) is 4.80. The van der Waals surface area contributed by atoms with Crippen LogP contribution in [0.2, 0.25) is 0 Å². The summed E-state index contributed by atoms with van der Waals surface area (Å²) in [6.45, 7) is 0.720. The Balaban J connectivity index is 1.75. The molecule has 2 aromatic carbocycles. The molecule has 0 aliphatic carbocycles. The number of nitrogens with one attached hydrogen (secondary N) is 1. The molecule has 0 radical (unpaired) electrons. The van der Waals surface area contributed by atoms with E-state index in [9.17, 15) is 11.0 Å². The van der Waals surface area contributed by atoms with Crippen molar-refractivity contribution in [3.05, 3.63) is 71.4 Å². The third-order valence-corrected chi connectivity index (χ3v) is 6.47. The van der Waals surface area contributed by atoms with Crippen LogP contribution in [-0.4, -0.2) is 49.1 Å². The van der Waals surface area contributed by atoms with E-state index in [-0.39, 0.29) is 24.3 Å². The van der Waals surface area contributed by atoms with Gasteiger partial charge in [-0.15, -0.1) is 0 Å². The van der Waals surface area contributed by atoms with E-state index in [0.29, 0.717) is 32.4 Å². The van der Waals surface area contributed by atoms with E-state index in [1.165, 1.54) is 14.2 Å². The summed E-state index contributed by atoms with van der Waals surface area (Å²) in [5.74, 6) is -1.37. The van der Waals surface area contributed by atoms with E-state index < -0.39 is 12.4 Å². The van der Waals surface area contributed by atoms with Crippen LogP contribution in [0.15, 0.2) is 54.6 Å². The highest BCUT2D eigenvalue weighted by atomic mass is 16.5. The van der Waals surface area contributed by atoms with Gasteiger partial charge >= 0.3 is 11.9 Å². The molecule has 1 aliphatic heterocycles. The molecular weight excluding hydrogens is 416 g/mol. The Kier molecular flexibility index (Phi) is 7.02. The lowest BCUT2D eigenvalue weighted by molar-refractivity contribution is -0.143. The number of methoxy groups -OCH3 is 2. The summed E-state index contributed by atoms with van der Waals surface area (Å²) in [5.41, 5.74) is 4.09. The van der Waals surface area contributed by atoms with Crippen molar-refractivity contribution in [2.45, 2.75) is 38.1 Å². The normalized spacial score (nSPS) is 21.9. The number of carbonyl (C=O) groups is 2. The van der Waals surface area contributed by atoms with E-state index >= 15 is 0 Å². The molecular formula is C27H32N2O4. The van der Waals surface area contributed by atoms with E-state index in [2.05, 4.69) is 28.1 Å². The van der Waals surface area contributed by atoms with Crippen molar-refractivity contribution in [1.82, 2.24) is 9.88 Å². The number of para-hydroxylation sites is 1. The summed E-state index contributed by atoms with van der Waals surface area (Å²) >= 11 is 0. The first-order valence-corrected chi connectivity index (χ1v) is 11.5. The molecule has 3 atom stereocenters. The monoisotopic (exact) mass is 449 g/mol. The zero-order chi connectivity index (χ0) is 24.1. The molecule has 6 nitrogen and oxygen atoms in total. The summed E-state index contributed by atoms with van der Waals surface area (Å²) in [6, 6.07) is 18.2. The van der Waals surface area contributed by atoms with Gasteiger partial charge in [0.1, 0.15) is 0 Å². The van der Waals surface area contributed by atoms with Crippen LogP contribution in [0.25, 0.3) is 10.9 Å². The van der Waals surface area contributed by atoms with Gasteiger partial charge in [0.05, 0.1) is 20.1 Å². The number of ether oxygens (including phenoxy) is 2. The Morgan fingerprint density at radius 1 is 1.09 bits per heavy atom. The summed E-state index contributed by atoms with van der Waals surface area (Å²) < 4.78 is 19.3. The molecule has 1 aromatic heterocycles. The van der Waals surface area contributed by atoms with Crippen molar-refractivity contribution in [2.24, 2.45) is 5.92 Å². The second-order valence-corrected chi connectivity index (χ2v) is 8.60. The van der Waals surface area contributed by atoms with Crippen molar-refractivity contribution >= 4 is 22.8 Å². The molecule has 1 aliphatic rings. The second-order valence-electron chi connectivity index (χ2n) is 8.60. The van der Waals surface area contributed by atoms with Crippen LogP contribution in [0, 0.1) is 5.92 Å². The quantitative estimate of drug-likeness (QED) is 0.563. The van der Waals surface area contributed by atoms with Crippen molar-refractivity contribution in [3.63, 3.8) is 0 Å². The van der Waals surface area contributed by atoms with Gasteiger partial charge < -0.3 is 14.5 Å². The van der Waals surface area contributed by atoms with Crippen LogP contribution in [-0.2, 0) is 32.0 Å². The molecule has 2 heterocycles. The van der Waals surface area contributed by atoms with Gasteiger partial charge in [-0.05, 0) is 42.4 Å². The molecule has 0 spiro atoms. The minimum Gasteiger partial charge on any atom is -0.469 e. The maximum absolute atomic E-state index is 13.0. The number of aromatic amines is 1. The van der Waals surface area contributed by atoms with Gasteiger partial charge in [0.25, 0.3) is 0 Å². The van der Waals surface area contributed by atoms with E-state index in [0.717, 1.165) is 27.7 Å². The third-order valence-electron chi connectivity index (χ3n) is 6.47. The molecule has 33 heavy (non-hydrogen) atoms. The Morgan fingerprint density at radius 2 is 1.85 bits per heavy atom. The Bertz CT molecular complexity index is 1130. The maximum atomic E-state index is 13.0. The van der Waals surface area contributed by atoms with Crippen LogP contribution in [0.3, 0.4) is 0 Å². The summed E-state index contributed by atoms with van der Waals surface area (Å²) in [5, 5.41) is 1.10. The van der Waals surface area contributed by atoms with Gasteiger partial charge in [-0.2, -0.15) is 0 Å². The maximum Gasteiger partial charge on any atom is 0.314 e. The standard InChI is InChI=1S/C27H32N2O4/c1-32-25(30)13-12-20-16-23(27(31)33-2)26-22(21-10-6-7-11-24(21)28-26)14-15-29(18-20)17-19-8-4-3-5-9-19/h3-11,20,23,28H,12-18H2,1-2H3/t20-,23+/m1/s1/i18D/t18-,20-,23+. The average Bonchev–Trinajstić information content (AvgIpc) is 3.25. The lowest BCUT2D eigenvalue weighted by Gasteiger charge is -2.28. The van der Waals surface area contributed by atoms with Gasteiger partial charge in [-0.3, -0.25) is 14.5 Å². The molecule has 0 unspecified atom stereocenters. The van der Waals surface area contributed by atoms with E-state index in [4.69, 9.17) is 9.47 Å². The molecule has 174 valence electrons. The first-order chi connectivity index (χ1) is 16.5. The van der Waals surface area contributed by atoms with E-state index in [1.807, 2.05) is 36.4 Å². The number of carbonyl (C=O) groups excluding carboxylic acids is 2. The average molecular weight is 450 g/mol. The third kappa shape index (κ3) is 5.45. The fourth-order valence-electron chi connectivity index (χ4n) is 4.80. The van der Waals surface area contributed by atoms with Gasteiger partial charge in [0.2, 0.25) is 0 Å². The topological polar surface area (TPSA) is 71.6 Å². The van der Waals surface area contributed by atoms with Crippen LogP contribution in [0.1, 0.15) is 43.4 Å². The zero-order valence-corrected chi connectivity index (χ0v) is 19.3. The number of aromatic nitrogens is 1. The highest BCUT2D eigenvalue weighted by molar-refractivity contribution is 5.88. The van der Waals surface area contributed by atoms with Gasteiger partial charge in [0, 0.05) is 44.0 Å². The van der Waals surface area contributed by atoms with Crippen molar-refractivity contribution in [2.75, 3.05) is 27.3 Å². The van der Waals surface area contributed by atoms with Crippen LogP contribution >= 0.6 is 0 Å². The first-order valence-electron chi connectivity index (χ1n) is 12.0. The lowest BCUT2D eigenvalue weighted by Crippen LogP contribution is -2.32. The second kappa shape index (κ2) is 10.7. The minimum absolute atomic E-state index is 0.211.